The van der Waals surface area contributed by atoms with Crippen LogP contribution in [0.25, 0.3) is 49.7 Å². The molecular weight excluding hydrogens is 867 g/mol. The number of para-hydroxylation sites is 1. The molecule has 0 saturated heterocycles. The number of anilines is 2. The number of carbonyl (C=O) groups is 2. The molecule has 2 atom stereocenters. The van der Waals surface area contributed by atoms with Crippen molar-refractivity contribution in [2.24, 2.45) is 5.92 Å². The second kappa shape index (κ2) is 17.0. The van der Waals surface area contributed by atoms with Crippen molar-refractivity contribution in [3.8, 4) is 17.2 Å². The monoisotopic (exact) mass is 913 g/mol. The summed E-state index contributed by atoms with van der Waals surface area (Å²) >= 11 is 4.54. The summed E-state index contributed by atoms with van der Waals surface area (Å²) in [5.74, 6) is -2.19. The molecule has 0 spiro atoms. The number of hydrogen-bond acceptors (Lipinski definition) is 8. The predicted octanol–water partition coefficient (Wildman–Crippen LogP) is 11.0. The molecule has 7 aromatic rings. The van der Waals surface area contributed by atoms with E-state index in [0.29, 0.717) is 11.5 Å². The van der Waals surface area contributed by atoms with Gasteiger partial charge in [-0.2, -0.15) is 5.26 Å². The van der Waals surface area contributed by atoms with Gasteiger partial charge in [0.1, 0.15) is 17.3 Å². The maximum atomic E-state index is 13.4. The van der Waals surface area contributed by atoms with Crippen LogP contribution in [-0.2, 0) is 40.8 Å². The van der Waals surface area contributed by atoms with E-state index in [-0.39, 0.29) is 14.6 Å². The minimum Gasteiger partial charge on any atom is -0.480 e. The van der Waals surface area contributed by atoms with Crippen LogP contribution >= 0.6 is 34.4 Å². The van der Waals surface area contributed by atoms with Crippen molar-refractivity contribution in [2.45, 2.75) is 82.6 Å². The van der Waals surface area contributed by atoms with E-state index < -0.39 is 29.6 Å². The van der Waals surface area contributed by atoms with E-state index in [9.17, 15) is 29.9 Å². The third-order valence-electron chi connectivity index (χ3n) is 13.5. The van der Waals surface area contributed by atoms with Crippen LogP contribution in [0, 0.1) is 17.2 Å². The molecule has 0 saturated carbocycles. The van der Waals surface area contributed by atoms with Crippen molar-refractivity contribution in [1.82, 2.24) is 4.57 Å². The van der Waals surface area contributed by atoms with Gasteiger partial charge >= 0.3 is 11.9 Å². The van der Waals surface area contributed by atoms with Crippen molar-refractivity contribution < 1.29 is 19.8 Å². The van der Waals surface area contributed by atoms with Gasteiger partial charge in [-0.1, -0.05) is 99.5 Å². The highest BCUT2D eigenvalue weighted by atomic mass is 32.2. The fourth-order valence-corrected chi connectivity index (χ4v) is 14.2. The number of fused-ring (bicyclic) bond motifs is 9. The molecule has 0 radical (unpaired) electrons. The smallest absolute Gasteiger partial charge is 0.349 e. The standard InChI is InChI=1S/C54H47N3O5S3/c1-4-6-9-31(5-2)29-56-43-11-8-7-10-33(43)14-17-38-22-35(18-19-44(38)56)34-15-16-37-26-47-54(3,27-40(37)23-34)50-49(65-47)41-24-39-20-32(12-13-36(39)25-45(41)63-50)21-46-51(60)57(30-48(58)59)52(64-46)42(28-55)53(61)62/h7-8,10-13,15-16,18-26,31H,4-6,9,14,17,27,29-30H2,1-3H3,(H,58,59)(H,61,62)/b46-21+,52-42+. The van der Waals surface area contributed by atoms with Crippen molar-refractivity contribution in [2.75, 3.05) is 11.4 Å². The molecule has 5 aromatic carbocycles. The van der Waals surface area contributed by atoms with Gasteiger partial charge in [0, 0.05) is 48.1 Å². The number of thioether (sulfide) groups is 1. The first-order chi connectivity index (χ1) is 31.5. The molecule has 1 aliphatic carbocycles. The highest BCUT2D eigenvalue weighted by Gasteiger charge is 2.45. The van der Waals surface area contributed by atoms with E-state index in [4.69, 9.17) is 0 Å². The summed E-state index contributed by atoms with van der Waals surface area (Å²) in [5.41, 5.74) is 9.91. The van der Waals surface area contributed by atoms with Crippen molar-refractivity contribution in [3.63, 3.8) is 0 Å². The highest BCUT2D eigenvalue weighted by molar-refractivity contribution is 8.04. The molecule has 8 nitrogen and oxygen atoms in total. The quantitative estimate of drug-likeness (QED) is 0.132. The van der Waals surface area contributed by atoms with Gasteiger partial charge in [0.25, 0.3) is 5.56 Å². The molecule has 4 heterocycles. The van der Waals surface area contributed by atoms with Gasteiger partial charge in [-0.25, -0.2) is 4.79 Å². The van der Waals surface area contributed by atoms with Crippen LogP contribution in [0.1, 0.15) is 79.1 Å². The first-order valence-electron chi connectivity index (χ1n) is 22.3. The van der Waals surface area contributed by atoms with Crippen molar-refractivity contribution >= 4 is 96.3 Å². The fourth-order valence-electron chi connectivity index (χ4n) is 9.99. The zero-order chi connectivity index (χ0) is 45.1. The number of thiophene rings is 1. The second-order valence-corrected chi connectivity index (χ2v) is 20.9. The van der Waals surface area contributed by atoms with Crippen LogP contribution in [-0.4, -0.2) is 33.3 Å². The van der Waals surface area contributed by atoms with Crippen LogP contribution in [0.15, 0.2) is 106 Å². The number of carboxylic acids is 2. The maximum Gasteiger partial charge on any atom is 0.349 e. The van der Waals surface area contributed by atoms with Gasteiger partial charge in [-0.15, -0.1) is 22.7 Å². The topological polar surface area (TPSA) is 124 Å². The van der Waals surface area contributed by atoms with Crippen LogP contribution in [0.4, 0.5) is 11.4 Å². The third kappa shape index (κ3) is 7.61. The molecule has 0 fully saturated rings. The molecule has 11 heteroatoms. The van der Waals surface area contributed by atoms with E-state index in [1.165, 1.54) is 95.2 Å². The van der Waals surface area contributed by atoms with E-state index in [0.717, 1.165) is 52.5 Å². The van der Waals surface area contributed by atoms with Crippen molar-refractivity contribution in [1.29, 1.82) is 5.26 Å². The Morgan fingerprint density at radius 3 is 2.43 bits per heavy atom. The SMILES string of the molecule is CCCCC(CC)CN1c2ccccc2CCc2cc(-c3ccc4c(c3)CC3(C)C(=C4)Sc4c3sc3cc5ccc(/C=c6/s/c(=C(\C#N)C(=O)O)n(CC(=O)O)c6=O)cc5cc43)ccc21. The number of benzene rings is 5. The Labute approximate surface area is 389 Å². The Balaban J connectivity index is 0.966. The predicted molar refractivity (Wildman–Crippen MR) is 266 cm³/mol. The molecular formula is C54H47N3O5S3. The highest BCUT2D eigenvalue weighted by Crippen LogP contribution is 2.62. The summed E-state index contributed by atoms with van der Waals surface area (Å²) in [4.78, 5) is 43.4. The lowest BCUT2D eigenvalue weighted by molar-refractivity contribution is -0.138. The molecule has 10 rings (SSSR count). The number of unbranched alkanes of at least 4 members (excludes halogenated alkanes) is 1. The van der Waals surface area contributed by atoms with Gasteiger partial charge < -0.3 is 15.1 Å². The van der Waals surface area contributed by atoms with E-state index in [1.54, 1.807) is 12.1 Å². The minimum absolute atomic E-state index is 0.146. The average molecular weight is 914 g/mol. The van der Waals surface area contributed by atoms with E-state index in [1.807, 2.05) is 41.3 Å². The minimum atomic E-state index is -1.52. The number of allylic oxidation sites excluding steroid dienone is 1. The fraction of sp³-hybridized carbons (Fsp3) is 0.259. The number of nitriles is 1. The van der Waals surface area contributed by atoms with E-state index >= 15 is 0 Å². The Morgan fingerprint density at radius 1 is 0.892 bits per heavy atom. The lowest BCUT2D eigenvalue weighted by Crippen LogP contribution is -2.35. The molecule has 326 valence electrons. The summed E-state index contributed by atoms with van der Waals surface area (Å²) < 4.78 is 2.01. The number of thiazole rings is 1. The zero-order valence-corrected chi connectivity index (χ0v) is 38.9. The molecule has 2 aromatic heterocycles. The number of aromatic nitrogens is 1. The summed E-state index contributed by atoms with van der Waals surface area (Å²) in [5, 5.41) is 31.8. The van der Waals surface area contributed by atoms with Gasteiger partial charge in [0.15, 0.2) is 5.57 Å². The van der Waals surface area contributed by atoms with Crippen molar-refractivity contribution in [3.05, 3.63) is 148 Å². The first-order valence-corrected chi connectivity index (χ1v) is 24.7. The number of rotatable bonds is 11. The molecule has 0 bridgehead atoms. The molecule has 3 aliphatic rings. The van der Waals surface area contributed by atoms with E-state index in [2.05, 4.69) is 105 Å². The van der Waals surface area contributed by atoms with Crippen LogP contribution in [0.3, 0.4) is 0 Å². The summed E-state index contributed by atoms with van der Waals surface area (Å²) in [6.45, 7) is 7.31. The summed E-state index contributed by atoms with van der Waals surface area (Å²) in [6, 6.07) is 35.1. The van der Waals surface area contributed by atoms with Gasteiger partial charge in [-0.05, 0) is 137 Å². The first kappa shape index (κ1) is 42.7. The third-order valence-corrected chi connectivity index (χ3v) is 17.6. The molecule has 2 N–H and O–H groups in total. The lowest BCUT2D eigenvalue weighted by Gasteiger charge is -2.31. The Kier molecular flexibility index (Phi) is 11.2. The summed E-state index contributed by atoms with van der Waals surface area (Å²) in [6.07, 6.45) is 11.9. The van der Waals surface area contributed by atoms with Gasteiger partial charge in [0.05, 0.1) is 4.53 Å². The summed E-state index contributed by atoms with van der Waals surface area (Å²) in [7, 11) is 0. The number of aliphatic carboxylic acids is 2. The largest absolute Gasteiger partial charge is 0.480 e. The average Bonchev–Trinajstić information content (AvgIpc) is 3.85. The second-order valence-electron chi connectivity index (χ2n) is 17.7. The lowest BCUT2D eigenvalue weighted by atomic mass is 9.76. The number of nitrogens with zero attached hydrogens (tertiary/aromatic N) is 3. The Hall–Kier alpha value is -6.19. The Bertz CT molecular complexity index is 3410. The van der Waals surface area contributed by atoms with Crippen LogP contribution < -0.4 is 19.7 Å². The number of carboxylic acid groups (broad SMARTS) is 2. The van der Waals surface area contributed by atoms with Crippen LogP contribution in [0.5, 0.6) is 0 Å². The molecule has 2 aliphatic heterocycles. The number of hydrogen-bond donors (Lipinski definition) is 2. The normalized spacial score (nSPS) is 17.4. The van der Waals surface area contributed by atoms with Crippen LogP contribution in [0.2, 0.25) is 0 Å². The van der Waals surface area contributed by atoms with Gasteiger partial charge in [-0.3, -0.25) is 14.2 Å². The Morgan fingerprint density at radius 2 is 1.66 bits per heavy atom. The number of aryl methyl sites for hydroxylation is 2. The van der Waals surface area contributed by atoms with Gasteiger partial charge in [0.2, 0.25) is 0 Å². The molecule has 2 unspecified atom stereocenters. The zero-order valence-electron chi connectivity index (χ0n) is 36.4. The molecule has 65 heavy (non-hydrogen) atoms. The maximum absolute atomic E-state index is 13.4. The molecule has 0 amide bonds.